The number of phenolic OH excluding ortho intramolecular Hbond substituents is 1. The van der Waals surface area contributed by atoms with Crippen molar-refractivity contribution in [2.45, 2.75) is 25.7 Å². The lowest BCUT2D eigenvalue weighted by Gasteiger charge is -2.33. The molecule has 3 aliphatic rings. The molecule has 4 nitrogen and oxygen atoms in total. The molecule has 0 bridgehead atoms. The number of fused-ring (bicyclic) bond motifs is 3. The molecule has 5 heteroatoms. The third kappa shape index (κ3) is 1.83. The van der Waals surface area contributed by atoms with Crippen LogP contribution in [0.15, 0.2) is 50.6 Å². The van der Waals surface area contributed by atoms with Gasteiger partial charge in [-0.1, -0.05) is 35.9 Å². The largest absolute Gasteiger partial charge is 0.507 e. The van der Waals surface area contributed by atoms with E-state index in [9.17, 15) is 9.90 Å². The summed E-state index contributed by atoms with van der Waals surface area (Å²) in [5.41, 5.74) is 3.90. The van der Waals surface area contributed by atoms with Gasteiger partial charge in [-0.3, -0.25) is 9.79 Å². The molecular weight excluding hydrogens is 368 g/mol. The summed E-state index contributed by atoms with van der Waals surface area (Å²) in [5.74, 6) is -0.225. The van der Waals surface area contributed by atoms with Crippen LogP contribution < -0.4 is 0 Å². The van der Waals surface area contributed by atoms with Gasteiger partial charge in [-0.15, -0.1) is 0 Å². The zero-order valence-electron chi connectivity index (χ0n) is 13.1. The van der Waals surface area contributed by atoms with E-state index in [2.05, 4.69) is 15.9 Å². The minimum absolute atomic E-state index is 0.104. The smallest absolute Gasteiger partial charge is 0.195 e. The van der Waals surface area contributed by atoms with Gasteiger partial charge in [0.1, 0.15) is 11.8 Å². The summed E-state index contributed by atoms with van der Waals surface area (Å²) in [6.07, 6.45) is 4.58. The number of aliphatic imine (C=N–C) groups is 1. The zero-order chi connectivity index (χ0) is 17.2. The SMILES string of the molecule is CC1(C)C2=NC3=CC(Br)=CCC3=C2C(=O)c2cc(C#N)c(O)cc21. The van der Waals surface area contributed by atoms with Crippen molar-refractivity contribution in [3.05, 3.63) is 62.3 Å². The van der Waals surface area contributed by atoms with Gasteiger partial charge in [-0.2, -0.15) is 5.26 Å². The van der Waals surface area contributed by atoms with Crippen LogP contribution in [0.4, 0.5) is 0 Å². The van der Waals surface area contributed by atoms with Crippen molar-refractivity contribution in [1.82, 2.24) is 0 Å². The summed E-state index contributed by atoms with van der Waals surface area (Å²) in [7, 11) is 0. The maximum absolute atomic E-state index is 13.1. The second-order valence-corrected chi connectivity index (χ2v) is 7.53. The van der Waals surface area contributed by atoms with Crippen molar-refractivity contribution in [2.75, 3.05) is 0 Å². The lowest BCUT2D eigenvalue weighted by Crippen LogP contribution is -2.38. The number of halogens is 1. The van der Waals surface area contributed by atoms with E-state index in [0.717, 1.165) is 21.5 Å². The number of nitrogens with zero attached hydrogens (tertiary/aromatic N) is 2. The van der Waals surface area contributed by atoms with E-state index in [-0.39, 0.29) is 17.1 Å². The normalized spacial score (nSPS) is 20.4. The minimum atomic E-state index is -0.526. The Labute approximate surface area is 147 Å². The first-order chi connectivity index (χ1) is 11.3. The third-order valence-electron chi connectivity index (χ3n) is 4.85. The Balaban J connectivity index is 2.03. The van der Waals surface area contributed by atoms with Crippen LogP contribution in [0, 0.1) is 11.3 Å². The van der Waals surface area contributed by atoms with E-state index >= 15 is 0 Å². The number of hydrogen-bond acceptors (Lipinski definition) is 4. The molecule has 2 aliphatic carbocycles. The summed E-state index contributed by atoms with van der Waals surface area (Å²) in [4.78, 5) is 17.8. The van der Waals surface area contributed by atoms with Gasteiger partial charge in [0, 0.05) is 15.5 Å². The van der Waals surface area contributed by atoms with Crippen LogP contribution in [-0.2, 0) is 5.41 Å². The highest BCUT2D eigenvalue weighted by molar-refractivity contribution is 9.11. The van der Waals surface area contributed by atoms with Crippen LogP contribution in [0.1, 0.15) is 41.8 Å². The number of carbonyl (C=O) groups excluding carboxylic acids is 1. The van der Waals surface area contributed by atoms with Crippen molar-refractivity contribution in [3.8, 4) is 11.8 Å². The molecule has 1 aliphatic heterocycles. The van der Waals surface area contributed by atoms with Crippen molar-refractivity contribution < 1.29 is 9.90 Å². The number of benzene rings is 1. The molecule has 118 valence electrons. The summed E-state index contributed by atoms with van der Waals surface area (Å²) in [6.45, 7) is 3.98. The number of rotatable bonds is 0. The van der Waals surface area contributed by atoms with Gasteiger partial charge < -0.3 is 5.11 Å². The molecule has 1 aromatic carbocycles. The van der Waals surface area contributed by atoms with E-state index in [1.807, 2.05) is 32.1 Å². The molecule has 0 saturated carbocycles. The third-order valence-corrected chi connectivity index (χ3v) is 5.40. The highest BCUT2D eigenvalue weighted by Crippen LogP contribution is 2.47. The molecule has 1 aromatic rings. The topological polar surface area (TPSA) is 73.5 Å². The minimum Gasteiger partial charge on any atom is -0.507 e. The average molecular weight is 381 g/mol. The molecule has 0 fully saturated rings. The summed E-state index contributed by atoms with van der Waals surface area (Å²) < 4.78 is 0.956. The second kappa shape index (κ2) is 4.78. The van der Waals surface area contributed by atoms with Crippen LogP contribution in [0.3, 0.4) is 0 Å². The maximum Gasteiger partial charge on any atom is 0.195 e. The maximum atomic E-state index is 13.1. The first kappa shape index (κ1) is 15.1. The highest BCUT2D eigenvalue weighted by Gasteiger charge is 2.45. The van der Waals surface area contributed by atoms with Crippen molar-refractivity contribution in [1.29, 1.82) is 5.26 Å². The number of hydrogen-bond donors (Lipinski definition) is 1. The molecule has 24 heavy (non-hydrogen) atoms. The second-order valence-electron chi connectivity index (χ2n) is 6.62. The van der Waals surface area contributed by atoms with Crippen LogP contribution in [0.5, 0.6) is 5.75 Å². The van der Waals surface area contributed by atoms with E-state index in [1.54, 1.807) is 0 Å². The molecule has 0 amide bonds. The number of carbonyl (C=O) groups is 1. The Morgan fingerprint density at radius 2 is 2.12 bits per heavy atom. The first-order valence-electron chi connectivity index (χ1n) is 7.57. The van der Waals surface area contributed by atoms with E-state index in [4.69, 9.17) is 10.3 Å². The summed E-state index contributed by atoms with van der Waals surface area (Å²) in [6, 6.07) is 4.96. The standard InChI is InChI=1S/C19H13BrN2O2/c1-19(2)13-7-15(23)9(8-21)5-12(13)17(24)16-11-4-3-10(20)6-14(11)22-18(16)19/h3,5-7,23H,4H2,1-2H3. The Morgan fingerprint density at radius 3 is 2.83 bits per heavy atom. The average Bonchev–Trinajstić information content (AvgIpc) is 2.92. The number of phenols is 1. The van der Waals surface area contributed by atoms with Gasteiger partial charge >= 0.3 is 0 Å². The molecule has 0 saturated heterocycles. The highest BCUT2D eigenvalue weighted by atomic mass is 79.9. The van der Waals surface area contributed by atoms with Gasteiger partial charge in [-0.25, -0.2) is 0 Å². The quantitative estimate of drug-likeness (QED) is 0.737. The van der Waals surface area contributed by atoms with Gasteiger partial charge in [0.25, 0.3) is 0 Å². The van der Waals surface area contributed by atoms with Crippen LogP contribution in [-0.4, -0.2) is 16.6 Å². The van der Waals surface area contributed by atoms with Crippen molar-refractivity contribution >= 4 is 27.4 Å². The van der Waals surface area contributed by atoms with Crippen molar-refractivity contribution in [2.24, 2.45) is 4.99 Å². The molecule has 0 unspecified atom stereocenters. The van der Waals surface area contributed by atoms with Gasteiger partial charge in [0.2, 0.25) is 0 Å². The fraction of sp³-hybridized carbons (Fsp3) is 0.211. The molecule has 0 atom stereocenters. The van der Waals surface area contributed by atoms with Gasteiger partial charge in [0.15, 0.2) is 5.78 Å². The summed E-state index contributed by atoms with van der Waals surface area (Å²) >= 11 is 3.46. The number of allylic oxidation sites excluding steroid dienone is 5. The first-order valence-corrected chi connectivity index (χ1v) is 8.36. The Hall–Kier alpha value is -2.45. The predicted molar refractivity (Wildman–Crippen MR) is 94.3 cm³/mol. The number of nitriles is 1. The molecule has 4 rings (SSSR count). The Morgan fingerprint density at radius 1 is 1.38 bits per heavy atom. The van der Waals surface area contributed by atoms with E-state index in [0.29, 0.717) is 23.1 Å². The van der Waals surface area contributed by atoms with Gasteiger partial charge in [-0.05, 0) is 35.8 Å². The number of aromatic hydroxyl groups is 1. The Bertz CT molecular complexity index is 1000. The fourth-order valence-corrected chi connectivity index (χ4v) is 3.95. The van der Waals surface area contributed by atoms with E-state index in [1.165, 1.54) is 12.1 Å². The molecule has 0 radical (unpaired) electrons. The van der Waals surface area contributed by atoms with Crippen LogP contribution in [0.25, 0.3) is 0 Å². The number of ketones is 1. The molecular formula is C19H13BrN2O2. The van der Waals surface area contributed by atoms with E-state index < -0.39 is 5.41 Å². The monoisotopic (exact) mass is 380 g/mol. The fourth-order valence-electron chi connectivity index (χ4n) is 3.57. The lowest BCUT2D eigenvalue weighted by molar-refractivity contribution is 0.103. The molecule has 0 spiro atoms. The van der Waals surface area contributed by atoms with Crippen LogP contribution >= 0.6 is 15.9 Å². The predicted octanol–water partition coefficient (Wildman–Crippen LogP) is 4.06. The Kier molecular flexibility index (Phi) is 3.01. The molecule has 1 N–H and O–H groups in total. The lowest BCUT2D eigenvalue weighted by atomic mass is 9.67. The number of Topliss-reactive ketones (excluding diaryl/α,β-unsaturated/α-hetero) is 1. The van der Waals surface area contributed by atoms with Crippen LogP contribution in [0.2, 0.25) is 0 Å². The molecule has 1 heterocycles. The van der Waals surface area contributed by atoms with Crippen molar-refractivity contribution in [3.63, 3.8) is 0 Å². The summed E-state index contributed by atoms with van der Waals surface area (Å²) in [5, 5.41) is 19.2. The van der Waals surface area contributed by atoms with Gasteiger partial charge in [0.05, 0.1) is 22.5 Å². The zero-order valence-corrected chi connectivity index (χ0v) is 14.7. The molecule has 0 aromatic heterocycles.